The van der Waals surface area contributed by atoms with Gasteiger partial charge in [-0.1, -0.05) is 49.7 Å². The van der Waals surface area contributed by atoms with E-state index in [0.29, 0.717) is 36.6 Å². The zero-order valence-corrected chi connectivity index (χ0v) is 25.0. The summed E-state index contributed by atoms with van der Waals surface area (Å²) in [6.45, 7) is 8.54. The summed E-state index contributed by atoms with van der Waals surface area (Å²) in [5.41, 5.74) is 5.96. The zero-order chi connectivity index (χ0) is 29.6. The molecule has 2 fully saturated rings. The van der Waals surface area contributed by atoms with Crippen molar-refractivity contribution in [2.75, 3.05) is 26.2 Å². The second-order valence-corrected chi connectivity index (χ2v) is 13.2. The van der Waals surface area contributed by atoms with Crippen molar-refractivity contribution in [1.29, 1.82) is 0 Å². The normalized spacial score (nSPS) is 22.8. The highest BCUT2D eigenvalue weighted by atomic mass is 35.5. The van der Waals surface area contributed by atoms with Crippen LogP contribution in [0.15, 0.2) is 48.0 Å². The summed E-state index contributed by atoms with van der Waals surface area (Å²) < 4.78 is 0. The maximum absolute atomic E-state index is 13.8. The van der Waals surface area contributed by atoms with E-state index in [1.54, 1.807) is 4.90 Å². The van der Waals surface area contributed by atoms with Crippen molar-refractivity contribution < 1.29 is 19.2 Å². The van der Waals surface area contributed by atoms with Crippen LogP contribution in [0.5, 0.6) is 0 Å². The van der Waals surface area contributed by atoms with Crippen LogP contribution in [0.3, 0.4) is 0 Å². The molecule has 6 rings (SSSR count). The number of piperazine rings is 1. The first-order valence-corrected chi connectivity index (χ1v) is 15.2. The number of allylic oxidation sites excluding steroid dienone is 1. The summed E-state index contributed by atoms with van der Waals surface area (Å²) in [5, 5.41) is 3.05. The summed E-state index contributed by atoms with van der Waals surface area (Å²) in [6, 6.07) is 13.1. The van der Waals surface area contributed by atoms with Crippen molar-refractivity contribution in [3.8, 4) is 0 Å². The summed E-state index contributed by atoms with van der Waals surface area (Å²) >= 11 is 6.14. The Morgan fingerprint density at radius 2 is 1.74 bits per heavy atom. The van der Waals surface area contributed by atoms with E-state index in [9.17, 15) is 19.2 Å². The van der Waals surface area contributed by atoms with Crippen molar-refractivity contribution in [1.82, 2.24) is 20.0 Å². The Kier molecular flexibility index (Phi) is 7.70. The van der Waals surface area contributed by atoms with Gasteiger partial charge in [-0.15, -0.1) is 0 Å². The zero-order valence-electron chi connectivity index (χ0n) is 24.2. The summed E-state index contributed by atoms with van der Waals surface area (Å²) in [4.78, 5) is 56.6. The number of amides is 4. The maximum Gasteiger partial charge on any atom is 0.255 e. The SMILES string of the molecule is CC1(C)CCC(C(=O)N2CCN(Cc3ccc4c(c3)CN(C3CCC(=O)NC3=O)C4=O)CC2)=C(c2ccc(Cl)cc2)C1. The van der Waals surface area contributed by atoms with Gasteiger partial charge in [0.1, 0.15) is 6.04 Å². The number of carbonyl (C=O) groups excluding carboxylic acids is 4. The molecule has 0 aromatic heterocycles. The van der Waals surface area contributed by atoms with Crippen molar-refractivity contribution in [2.24, 2.45) is 5.41 Å². The average Bonchev–Trinajstić information content (AvgIpc) is 3.28. The first-order chi connectivity index (χ1) is 20.1. The number of hydrogen-bond acceptors (Lipinski definition) is 5. The number of benzene rings is 2. The molecule has 2 aromatic rings. The minimum Gasteiger partial charge on any atom is -0.336 e. The Balaban J connectivity index is 1.09. The molecule has 0 bridgehead atoms. The van der Waals surface area contributed by atoms with Gasteiger partial charge in [-0.25, -0.2) is 0 Å². The van der Waals surface area contributed by atoms with Crippen molar-refractivity contribution in [3.05, 3.63) is 75.3 Å². The quantitative estimate of drug-likeness (QED) is 0.523. The molecule has 4 aliphatic rings. The highest BCUT2D eigenvalue weighted by Crippen LogP contribution is 2.43. The summed E-state index contributed by atoms with van der Waals surface area (Å²) in [7, 11) is 0. The van der Waals surface area contributed by atoms with E-state index in [1.165, 1.54) is 0 Å². The van der Waals surface area contributed by atoms with E-state index in [4.69, 9.17) is 11.6 Å². The van der Waals surface area contributed by atoms with Gasteiger partial charge in [0, 0.05) is 61.8 Å². The van der Waals surface area contributed by atoms with Crippen LogP contribution in [0.2, 0.25) is 5.02 Å². The molecule has 1 N–H and O–H groups in total. The fourth-order valence-electron chi connectivity index (χ4n) is 6.74. The minimum absolute atomic E-state index is 0.150. The lowest BCUT2D eigenvalue weighted by Crippen LogP contribution is -2.52. The number of hydrogen-bond donors (Lipinski definition) is 1. The van der Waals surface area contributed by atoms with Crippen LogP contribution in [0.25, 0.3) is 5.57 Å². The van der Waals surface area contributed by atoms with Crippen LogP contribution in [0.1, 0.15) is 73.0 Å². The van der Waals surface area contributed by atoms with Gasteiger partial charge in [0.15, 0.2) is 0 Å². The number of carbonyl (C=O) groups is 4. The number of imide groups is 1. The van der Waals surface area contributed by atoms with Crippen LogP contribution >= 0.6 is 11.6 Å². The lowest BCUT2D eigenvalue weighted by Gasteiger charge is -2.38. The molecule has 1 unspecified atom stereocenters. The van der Waals surface area contributed by atoms with E-state index < -0.39 is 11.9 Å². The first-order valence-electron chi connectivity index (χ1n) is 14.8. The molecule has 2 aromatic carbocycles. The lowest BCUT2D eigenvalue weighted by atomic mass is 9.72. The number of piperidine rings is 1. The summed E-state index contributed by atoms with van der Waals surface area (Å²) in [6.07, 6.45) is 3.25. The molecular weight excluding hydrogens is 552 g/mol. The lowest BCUT2D eigenvalue weighted by molar-refractivity contribution is -0.137. The van der Waals surface area contributed by atoms with E-state index in [2.05, 4.69) is 30.1 Å². The van der Waals surface area contributed by atoms with Crippen molar-refractivity contribution in [2.45, 2.75) is 65.1 Å². The fourth-order valence-corrected chi connectivity index (χ4v) is 6.86. The van der Waals surface area contributed by atoms with Gasteiger partial charge in [-0.05, 0) is 71.6 Å². The van der Waals surface area contributed by atoms with Gasteiger partial charge >= 0.3 is 0 Å². The molecule has 9 heteroatoms. The van der Waals surface area contributed by atoms with Crippen LogP contribution < -0.4 is 5.32 Å². The second kappa shape index (κ2) is 11.3. The third-order valence-corrected chi connectivity index (χ3v) is 9.43. The number of nitrogens with zero attached hydrogens (tertiary/aromatic N) is 3. The summed E-state index contributed by atoms with van der Waals surface area (Å²) in [5.74, 6) is -0.685. The Labute approximate surface area is 251 Å². The van der Waals surface area contributed by atoms with E-state index in [0.717, 1.165) is 66.7 Å². The number of rotatable bonds is 5. The first kappa shape index (κ1) is 28.6. The fraction of sp³-hybridized carbons (Fsp3) is 0.455. The standard InChI is InChI=1S/C33H37ClN4O4/c1-33(2)12-11-26(27(18-33)22-4-6-24(34)7-5-22)31(41)37-15-13-36(14-16-37)19-21-3-8-25-23(17-21)20-38(32(25)42)28-9-10-29(39)35-30(28)40/h3-8,17,28H,9-16,18-20H2,1-2H3,(H,35,39,40). The highest BCUT2D eigenvalue weighted by Gasteiger charge is 2.39. The Morgan fingerprint density at radius 1 is 1.00 bits per heavy atom. The number of halogens is 1. The van der Waals surface area contributed by atoms with Crippen LogP contribution in [-0.2, 0) is 27.5 Å². The molecule has 3 aliphatic heterocycles. The third-order valence-electron chi connectivity index (χ3n) is 9.18. The van der Waals surface area contributed by atoms with Gasteiger partial charge < -0.3 is 9.80 Å². The van der Waals surface area contributed by atoms with Gasteiger partial charge in [0.05, 0.1) is 0 Å². The number of fused-ring (bicyclic) bond motifs is 1. The molecule has 3 heterocycles. The Morgan fingerprint density at radius 3 is 2.45 bits per heavy atom. The second-order valence-electron chi connectivity index (χ2n) is 12.8. The molecule has 1 aliphatic carbocycles. The number of nitrogens with one attached hydrogen (secondary N) is 1. The predicted molar refractivity (Wildman–Crippen MR) is 160 cm³/mol. The molecule has 2 saturated heterocycles. The topological polar surface area (TPSA) is 90.0 Å². The Bertz CT molecular complexity index is 1470. The highest BCUT2D eigenvalue weighted by molar-refractivity contribution is 6.30. The average molecular weight is 589 g/mol. The van der Waals surface area contributed by atoms with E-state index in [-0.39, 0.29) is 29.6 Å². The molecule has 0 spiro atoms. The largest absolute Gasteiger partial charge is 0.336 e. The molecule has 4 amide bonds. The van der Waals surface area contributed by atoms with Gasteiger partial charge in [-0.2, -0.15) is 0 Å². The maximum atomic E-state index is 13.8. The third kappa shape index (κ3) is 5.75. The van der Waals surface area contributed by atoms with Crippen LogP contribution in [-0.4, -0.2) is 70.5 Å². The van der Waals surface area contributed by atoms with Gasteiger partial charge in [0.25, 0.3) is 5.91 Å². The molecule has 1 atom stereocenters. The van der Waals surface area contributed by atoms with Gasteiger partial charge in [-0.3, -0.25) is 29.4 Å². The minimum atomic E-state index is -0.609. The molecule has 0 saturated carbocycles. The van der Waals surface area contributed by atoms with Crippen molar-refractivity contribution >= 4 is 40.8 Å². The van der Waals surface area contributed by atoms with E-state index in [1.807, 2.05) is 41.3 Å². The molecular formula is C33H37ClN4O4. The monoisotopic (exact) mass is 588 g/mol. The molecule has 42 heavy (non-hydrogen) atoms. The molecule has 220 valence electrons. The Hall–Kier alpha value is -3.49. The molecule has 0 radical (unpaired) electrons. The smallest absolute Gasteiger partial charge is 0.255 e. The molecule has 8 nitrogen and oxygen atoms in total. The van der Waals surface area contributed by atoms with Crippen LogP contribution in [0, 0.1) is 5.41 Å². The van der Waals surface area contributed by atoms with E-state index >= 15 is 0 Å². The van der Waals surface area contributed by atoms with Gasteiger partial charge in [0.2, 0.25) is 17.7 Å². The van der Waals surface area contributed by atoms with Crippen LogP contribution in [0.4, 0.5) is 0 Å². The predicted octanol–water partition coefficient (Wildman–Crippen LogP) is 4.41. The van der Waals surface area contributed by atoms with Crippen molar-refractivity contribution in [3.63, 3.8) is 0 Å².